The molecule has 110 valence electrons. The lowest BCUT2D eigenvalue weighted by Crippen LogP contribution is -2.61. The molecule has 0 unspecified atom stereocenters. The SMILES string of the molecule is CC(C)C1(CNC2CN(C(=O)OC(C)(C)C)C2)CC1. The minimum Gasteiger partial charge on any atom is -0.444 e. The Kier molecular flexibility index (Phi) is 3.83. The lowest BCUT2D eigenvalue weighted by molar-refractivity contribution is 0.00466. The van der Waals surface area contributed by atoms with Crippen LogP contribution in [0.15, 0.2) is 0 Å². The summed E-state index contributed by atoms with van der Waals surface area (Å²) in [5.41, 5.74) is 0.137. The Labute approximate surface area is 116 Å². The summed E-state index contributed by atoms with van der Waals surface area (Å²) < 4.78 is 5.35. The van der Waals surface area contributed by atoms with Crippen molar-refractivity contribution in [1.29, 1.82) is 0 Å². The van der Waals surface area contributed by atoms with Crippen molar-refractivity contribution in [3.63, 3.8) is 0 Å². The van der Waals surface area contributed by atoms with Crippen LogP contribution in [0.4, 0.5) is 4.79 Å². The van der Waals surface area contributed by atoms with Gasteiger partial charge in [0.25, 0.3) is 0 Å². The molecule has 2 rings (SSSR count). The first-order valence-electron chi connectivity index (χ1n) is 7.43. The minimum atomic E-state index is -0.398. The number of nitrogens with zero attached hydrogens (tertiary/aromatic N) is 1. The quantitative estimate of drug-likeness (QED) is 0.852. The fraction of sp³-hybridized carbons (Fsp3) is 0.933. The molecule has 1 saturated heterocycles. The Morgan fingerprint density at radius 1 is 1.37 bits per heavy atom. The molecule has 0 spiro atoms. The monoisotopic (exact) mass is 268 g/mol. The van der Waals surface area contributed by atoms with Gasteiger partial charge in [0.1, 0.15) is 5.60 Å². The average molecular weight is 268 g/mol. The molecule has 0 aromatic rings. The zero-order valence-corrected chi connectivity index (χ0v) is 13.0. The van der Waals surface area contributed by atoms with Crippen molar-refractivity contribution in [2.24, 2.45) is 11.3 Å². The fourth-order valence-electron chi connectivity index (χ4n) is 2.55. The zero-order valence-electron chi connectivity index (χ0n) is 13.0. The van der Waals surface area contributed by atoms with E-state index in [0.717, 1.165) is 25.6 Å². The number of rotatable bonds is 4. The molecule has 1 aliphatic carbocycles. The van der Waals surface area contributed by atoms with Crippen LogP contribution in [0.5, 0.6) is 0 Å². The van der Waals surface area contributed by atoms with E-state index in [1.54, 1.807) is 4.90 Å². The lowest BCUT2D eigenvalue weighted by atomic mass is 9.92. The first-order chi connectivity index (χ1) is 8.72. The molecule has 4 nitrogen and oxygen atoms in total. The summed E-state index contributed by atoms with van der Waals surface area (Å²) in [6.45, 7) is 13.0. The molecule has 1 N–H and O–H groups in total. The van der Waals surface area contributed by atoms with Gasteiger partial charge >= 0.3 is 6.09 Å². The van der Waals surface area contributed by atoms with Crippen LogP contribution in [0, 0.1) is 11.3 Å². The van der Waals surface area contributed by atoms with Gasteiger partial charge in [-0.15, -0.1) is 0 Å². The van der Waals surface area contributed by atoms with E-state index in [1.165, 1.54) is 12.8 Å². The van der Waals surface area contributed by atoms with Crippen LogP contribution in [0.25, 0.3) is 0 Å². The first-order valence-corrected chi connectivity index (χ1v) is 7.43. The average Bonchev–Trinajstić information content (AvgIpc) is 2.93. The largest absolute Gasteiger partial charge is 0.444 e. The second-order valence-electron chi connectivity index (χ2n) is 7.48. The van der Waals surface area contributed by atoms with E-state index in [9.17, 15) is 4.79 Å². The third kappa shape index (κ3) is 3.62. The molecule has 0 bridgehead atoms. The molecule has 0 radical (unpaired) electrons. The van der Waals surface area contributed by atoms with Gasteiger partial charge in [0.05, 0.1) is 0 Å². The molecule has 2 fully saturated rings. The Bertz CT molecular complexity index is 337. The number of ether oxygens (including phenoxy) is 1. The molecule has 2 aliphatic rings. The van der Waals surface area contributed by atoms with E-state index < -0.39 is 5.60 Å². The molecule has 1 aliphatic heterocycles. The van der Waals surface area contributed by atoms with Gasteiger partial charge in [-0.1, -0.05) is 13.8 Å². The number of likely N-dealkylation sites (tertiary alicyclic amines) is 1. The smallest absolute Gasteiger partial charge is 0.410 e. The molecule has 1 amide bonds. The summed E-state index contributed by atoms with van der Waals surface area (Å²) in [7, 11) is 0. The fourth-order valence-corrected chi connectivity index (χ4v) is 2.55. The molecule has 19 heavy (non-hydrogen) atoms. The Balaban J connectivity index is 1.65. The molecule has 0 atom stereocenters. The van der Waals surface area contributed by atoms with Gasteiger partial charge < -0.3 is 15.0 Å². The van der Waals surface area contributed by atoms with Crippen molar-refractivity contribution >= 4 is 6.09 Å². The normalized spacial score (nSPS) is 22.3. The minimum absolute atomic E-state index is 0.185. The maximum absolute atomic E-state index is 11.8. The van der Waals surface area contributed by atoms with Crippen molar-refractivity contribution in [1.82, 2.24) is 10.2 Å². The highest BCUT2D eigenvalue weighted by Crippen LogP contribution is 2.51. The zero-order chi connectivity index (χ0) is 14.3. The van der Waals surface area contributed by atoms with Crippen LogP contribution >= 0.6 is 0 Å². The Morgan fingerprint density at radius 3 is 2.37 bits per heavy atom. The van der Waals surface area contributed by atoms with Crippen LogP contribution < -0.4 is 5.32 Å². The second-order valence-corrected chi connectivity index (χ2v) is 7.48. The van der Waals surface area contributed by atoms with Crippen molar-refractivity contribution in [2.45, 2.75) is 59.1 Å². The van der Waals surface area contributed by atoms with Gasteiger partial charge in [0, 0.05) is 25.7 Å². The number of hydrogen-bond donors (Lipinski definition) is 1. The third-order valence-electron chi connectivity index (χ3n) is 4.39. The van der Waals surface area contributed by atoms with E-state index in [0.29, 0.717) is 11.5 Å². The summed E-state index contributed by atoms with van der Waals surface area (Å²) in [4.78, 5) is 13.6. The highest BCUT2D eigenvalue weighted by Gasteiger charge is 2.46. The summed E-state index contributed by atoms with van der Waals surface area (Å²) in [6, 6.07) is 0.448. The molecule has 0 aromatic heterocycles. The van der Waals surface area contributed by atoms with Crippen molar-refractivity contribution in [3.05, 3.63) is 0 Å². The number of nitrogens with one attached hydrogen (secondary N) is 1. The van der Waals surface area contributed by atoms with Gasteiger partial charge in [-0.25, -0.2) is 4.79 Å². The molecular formula is C15H28N2O2. The number of amides is 1. The molecule has 0 aromatic carbocycles. The maximum atomic E-state index is 11.8. The van der Waals surface area contributed by atoms with Crippen LogP contribution in [0.1, 0.15) is 47.5 Å². The summed E-state index contributed by atoms with van der Waals surface area (Å²) in [5, 5.41) is 3.60. The van der Waals surface area contributed by atoms with Crippen LogP contribution in [0.2, 0.25) is 0 Å². The topological polar surface area (TPSA) is 41.6 Å². The van der Waals surface area contributed by atoms with E-state index >= 15 is 0 Å². The van der Waals surface area contributed by atoms with E-state index in [-0.39, 0.29) is 6.09 Å². The predicted molar refractivity (Wildman–Crippen MR) is 76.1 cm³/mol. The van der Waals surface area contributed by atoms with Crippen molar-refractivity contribution in [2.75, 3.05) is 19.6 Å². The highest BCUT2D eigenvalue weighted by molar-refractivity contribution is 5.69. The number of hydrogen-bond acceptors (Lipinski definition) is 3. The highest BCUT2D eigenvalue weighted by atomic mass is 16.6. The van der Waals surface area contributed by atoms with Crippen molar-refractivity contribution in [3.8, 4) is 0 Å². The van der Waals surface area contributed by atoms with E-state index in [2.05, 4.69) is 19.2 Å². The summed E-state index contributed by atoms with van der Waals surface area (Å²) in [5.74, 6) is 0.752. The Morgan fingerprint density at radius 2 is 1.95 bits per heavy atom. The Hall–Kier alpha value is -0.770. The maximum Gasteiger partial charge on any atom is 0.410 e. The molecular weight excluding hydrogens is 240 g/mol. The number of carbonyl (C=O) groups excluding carboxylic acids is 1. The van der Waals surface area contributed by atoms with Crippen LogP contribution in [-0.2, 0) is 4.74 Å². The predicted octanol–water partition coefficient (Wildman–Crippen LogP) is 2.63. The third-order valence-corrected chi connectivity index (χ3v) is 4.39. The van der Waals surface area contributed by atoms with Crippen molar-refractivity contribution < 1.29 is 9.53 Å². The molecule has 1 heterocycles. The van der Waals surface area contributed by atoms with Crippen LogP contribution in [-0.4, -0.2) is 42.3 Å². The van der Waals surface area contributed by atoms with E-state index in [4.69, 9.17) is 4.74 Å². The summed E-state index contributed by atoms with van der Waals surface area (Å²) in [6.07, 6.45) is 2.51. The molecule has 4 heteroatoms. The summed E-state index contributed by atoms with van der Waals surface area (Å²) >= 11 is 0. The van der Waals surface area contributed by atoms with Gasteiger partial charge in [-0.3, -0.25) is 0 Å². The van der Waals surface area contributed by atoms with Gasteiger partial charge in [-0.2, -0.15) is 0 Å². The van der Waals surface area contributed by atoms with Gasteiger partial charge in [-0.05, 0) is 44.9 Å². The lowest BCUT2D eigenvalue weighted by Gasteiger charge is -2.41. The standard InChI is InChI=1S/C15H28N2O2/c1-11(2)15(6-7-15)10-16-12-8-17(9-12)13(18)19-14(3,4)5/h11-12,16H,6-10H2,1-5H3. The molecule has 1 saturated carbocycles. The van der Waals surface area contributed by atoms with Crippen LogP contribution in [0.3, 0.4) is 0 Å². The number of carbonyl (C=O) groups is 1. The van der Waals surface area contributed by atoms with Gasteiger partial charge in [0.15, 0.2) is 0 Å². The second kappa shape index (κ2) is 4.97. The van der Waals surface area contributed by atoms with E-state index in [1.807, 2.05) is 20.8 Å². The van der Waals surface area contributed by atoms with Gasteiger partial charge in [0.2, 0.25) is 0 Å². The first kappa shape index (κ1) is 14.6.